The summed E-state index contributed by atoms with van der Waals surface area (Å²) >= 11 is 0. The maximum absolute atomic E-state index is 13.1. The third kappa shape index (κ3) is 40.6. The van der Waals surface area contributed by atoms with Gasteiger partial charge < -0.3 is 33.0 Å². The summed E-state index contributed by atoms with van der Waals surface area (Å²) in [6, 6.07) is -1.03. The van der Waals surface area contributed by atoms with Gasteiger partial charge in [-0.15, -0.1) is 0 Å². The summed E-state index contributed by atoms with van der Waals surface area (Å²) in [7, 11) is -10.3. The average Bonchev–Trinajstić information content (AvgIpc) is 3.25. The van der Waals surface area contributed by atoms with Gasteiger partial charge in [-0.2, -0.15) is 16.8 Å². The van der Waals surface area contributed by atoms with Crippen molar-refractivity contribution in [3.63, 3.8) is 0 Å². The first-order chi connectivity index (χ1) is 31.2. The summed E-state index contributed by atoms with van der Waals surface area (Å²) in [5.74, 6) is -0.323. The van der Waals surface area contributed by atoms with Gasteiger partial charge in [-0.1, -0.05) is 192 Å². The molecule has 67 heavy (non-hydrogen) atoms. The normalized spacial score (nSPS) is 19.9. The van der Waals surface area contributed by atoms with E-state index in [0.717, 1.165) is 38.5 Å². The second-order valence-corrected chi connectivity index (χ2v) is 20.1. The van der Waals surface area contributed by atoms with E-state index >= 15 is 0 Å². The Morgan fingerprint density at radius 3 is 1.43 bits per heavy atom. The summed E-state index contributed by atoms with van der Waals surface area (Å²) in [6.07, 6.45) is 34.2. The molecule has 6 N–H and O–H groups in total. The van der Waals surface area contributed by atoms with Crippen molar-refractivity contribution < 1.29 is 126 Å². The Morgan fingerprint density at radius 2 is 1.01 bits per heavy atom. The molecule has 7 atom stereocenters. The smallest absolute Gasteiger partial charge is 1.00 e. The molecule has 1 saturated heterocycles. The van der Waals surface area contributed by atoms with E-state index < -0.39 is 76.9 Å². The van der Waals surface area contributed by atoms with Gasteiger partial charge in [0.2, 0.25) is 5.91 Å². The molecule has 1 rings (SSSR count). The Kier molecular flexibility index (Phi) is 46.9. The summed E-state index contributed by atoms with van der Waals surface area (Å²) in [5, 5.41) is 35.3. The fourth-order valence-corrected chi connectivity index (χ4v) is 8.83. The Hall–Kier alpha value is 0.490. The summed E-state index contributed by atoms with van der Waals surface area (Å²) in [5.41, 5.74) is 0. The van der Waals surface area contributed by atoms with Crippen LogP contribution in [-0.4, -0.2) is 103 Å². The molecular formula is C48H93NNa2O14S2. The molecule has 388 valence electrons. The van der Waals surface area contributed by atoms with Crippen molar-refractivity contribution in [2.75, 3.05) is 13.2 Å². The molecule has 0 radical (unpaired) electrons. The van der Waals surface area contributed by atoms with Crippen LogP contribution in [0.4, 0.5) is 0 Å². The Bertz CT molecular complexity index is 1460. The Labute approximate surface area is 454 Å². The van der Waals surface area contributed by atoms with Crippen LogP contribution in [0.1, 0.15) is 222 Å². The van der Waals surface area contributed by atoms with E-state index in [-0.39, 0.29) is 74.3 Å². The summed E-state index contributed by atoms with van der Waals surface area (Å²) in [4.78, 5) is 13.1. The molecule has 19 heteroatoms. The molecular weight excluding hydrogens is 925 g/mol. The van der Waals surface area contributed by atoms with Crippen molar-refractivity contribution in [1.29, 1.82) is 0 Å². The molecule has 0 bridgehead atoms. The maximum atomic E-state index is 13.1. The minimum absolute atomic E-state index is 0. The monoisotopic (exact) mass is 1020 g/mol. The number of hydrogen-bond acceptors (Lipinski definition) is 12. The van der Waals surface area contributed by atoms with Crippen LogP contribution in [-0.2, 0) is 43.4 Å². The Balaban J connectivity index is -0.00000528. The number of nitrogens with one attached hydrogen (secondary N) is 1. The topological polar surface area (TPSA) is 235 Å². The van der Waals surface area contributed by atoms with Crippen LogP contribution in [0.5, 0.6) is 0 Å². The van der Waals surface area contributed by atoms with Crippen molar-refractivity contribution in [2.45, 2.75) is 262 Å². The first-order valence-electron chi connectivity index (χ1n) is 25.4. The Morgan fingerprint density at radius 1 is 0.612 bits per heavy atom. The van der Waals surface area contributed by atoms with Crippen LogP contribution in [0, 0.1) is 0 Å². The van der Waals surface area contributed by atoms with Crippen molar-refractivity contribution in [1.82, 2.24) is 5.32 Å². The van der Waals surface area contributed by atoms with E-state index in [1.807, 2.05) is 6.08 Å². The van der Waals surface area contributed by atoms with Crippen LogP contribution in [0.25, 0.3) is 0 Å². The standard InChI is InChI=1S/C48H91NO14S2.2Na.2H/c1-3-5-7-9-11-13-15-17-18-19-20-21-22-23-24-26-28-30-32-34-36-38-44(51)49-41(42(50)37-35-33-31-29-27-25-16-14-12-10-8-6-4-2)39-60-48-46(53)45(52)47(63-65(57,58)59)43(62-48)40-61-64(54,55)56;;;;/h17-18,35,37,41-43,45-48,50,52-53H,3-16,19-34,36,38-40H2,1-2H3,(H,49,51)(H,54,55,56)(H,57,58,59);;;;/q;2*+1;2*-1/b18-17-,37-35+;;;;/t41-,42+,43+,45+,46+,47-,48+;;;;/m0..../s1. The van der Waals surface area contributed by atoms with E-state index in [1.54, 1.807) is 6.08 Å². The zero-order valence-electron chi connectivity index (χ0n) is 44.1. The number of unbranched alkanes of at least 4 members (excludes halogenated alkanes) is 28. The van der Waals surface area contributed by atoms with E-state index in [9.17, 15) is 41.5 Å². The molecule has 1 aliphatic heterocycles. The third-order valence-corrected chi connectivity index (χ3v) is 12.8. The van der Waals surface area contributed by atoms with Crippen molar-refractivity contribution in [3.05, 3.63) is 24.3 Å². The number of hydrogen-bond donors (Lipinski definition) is 6. The van der Waals surface area contributed by atoms with E-state index in [0.29, 0.717) is 12.8 Å². The first kappa shape index (κ1) is 69.6. The van der Waals surface area contributed by atoms with Gasteiger partial charge in [0, 0.05) is 6.42 Å². The molecule has 1 fully saturated rings. The van der Waals surface area contributed by atoms with Crippen LogP contribution in [0.15, 0.2) is 24.3 Å². The predicted molar refractivity (Wildman–Crippen MR) is 258 cm³/mol. The zero-order chi connectivity index (χ0) is 48.0. The number of aliphatic hydroxyl groups excluding tert-OH is 3. The average molecular weight is 1020 g/mol. The quantitative estimate of drug-likeness (QED) is 0.0218. The molecule has 0 aromatic rings. The molecule has 1 amide bonds. The molecule has 0 saturated carbocycles. The predicted octanol–water partition coefficient (Wildman–Crippen LogP) is 4.17. The molecule has 0 aromatic heterocycles. The number of aliphatic hydroxyl groups is 3. The number of rotatable bonds is 44. The van der Waals surface area contributed by atoms with Gasteiger partial charge in [-0.25, -0.2) is 8.37 Å². The molecule has 0 aliphatic carbocycles. The second-order valence-electron chi connectivity index (χ2n) is 17.9. The van der Waals surface area contributed by atoms with Crippen LogP contribution < -0.4 is 64.4 Å². The van der Waals surface area contributed by atoms with Crippen LogP contribution >= 0.6 is 0 Å². The minimum Gasteiger partial charge on any atom is -1.00 e. The number of ether oxygens (including phenoxy) is 2. The van der Waals surface area contributed by atoms with E-state index in [2.05, 4.69) is 39.7 Å². The first-order valence-corrected chi connectivity index (χ1v) is 28.1. The second kappa shape index (κ2) is 45.1. The van der Waals surface area contributed by atoms with Crippen LogP contribution in [0.3, 0.4) is 0 Å². The van der Waals surface area contributed by atoms with Gasteiger partial charge >= 0.3 is 79.9 Å². The fraction of sp³-hybridized carbons (Fsp3) is 0.896. The van der Waals surface area contributed by atoms with Gasteiger partial charge in [-0.05, 0) is 44.9 Å². The third-order valence-electron chi connectivity index (χ3n) is 11.9. The summed E-state index contributed by atoms with van der Waals surface area (Å²) < 4.78 is 83.4. The number of allylic oxidation sites excluding steroid dienone is 3. The van der Waals surface area contributed by atoms with Gasteiger partial charge in [-0.3, -0.25) is 13.9 Å². The largest absolute Gasteiger partial charge is 1.00 e. The van der Waals surface area contributed by atoms with Crippen LogP contribution in [0.2, 0.25) is 0 Å². The van der Waals surface area contributed by atoms with Gasteiger partial charge in [0.25, 0.3) is 0 Å². The van der Waals surface area contributed by atoms with Gasteiger partial charge in [0.05, 0.1) is 25.4 Å². The summed E-state index contributed by atoms with van der Waals surface area (Å²) in [6.45, 7) is 2.93. The van der Waals surface area contributed by atoms with Crippen molar-refractivity contribution in [3.8, 4) is 0 Å². The molecule has 15 nitrogen and oxygen atoms in total. The maximum Gasteiger partial charge on any atom is 1.00 e. The van der Waals surface area contributed by atoms with Gasteiger partial charge in [0.1, 0.15) is 24.4 Å². The number of carbonyl (C=O) groups is 1. The fourth-order valence-electron chi connectivity index (χ4n) is 8.01. The van der Waals surface area contributed by atoms with Gasteiger partial charge in [0.15, 0.2) is 6.29 Å². The molecule has 1 heterocycles. The molecule has 0 unspecified atom stereocenters. The molecule has 0 aromatic carbocycles. The number of carbonyl (C=O) groups excluding carboxylic acids is 1. The molecule has 0 spiro atoms. The minimum atomic E-state index is -5.24. The van der Waals surface area contributed by atoms with E-state index in [4.69, 9.17) is 14.0 Å². The van der Waals surface area contributed by atoms with Crippen molar-refractivity contribution >= 4 is 26.7 Å². The zero-order valence-corrected chi connectivity index (χ0v) is 47.8. The molecule has 1 aliphatic rings. The number of amides is 1. The van der Waals surface area contributed by atoms with Crippen molar-refractivity contribution in [2.24, 2.45) is 0 Å². The SMILES string of the molecule is CCCCCCCC/C=C\CCCCCCCCCCCCCC(=O)N[C@@H](CO[C@@H]1O[C@H](COS(=O)(=O)O)[C@H](OS(=O)(=O)O)[C@H](O)[C@H]1O)[C@H](O)/C=C/CCCCCCCCCCCCC.[H-].[H-].[Na+].[Na+]. The van der Waals surface area contributed by atoms with E-state index in [1.165, 1.54) is 148 Å².